The van der Waals surface area contributed by atoms with E-state index in [-0.39, 0.29) is 0 Å². The van der Waals surface area contributed by atoms with Crippen molar-refractivity contribution in [1.29, 1.82) is 5.26 Å². The molecule has 0 radical (unpaired) electrons. The fourth-order valence-electron chi connectivity index (χ4n) is 2.12. The SMILES string of the molecule is N#Cc1ccc(N2CCNCC2)c(Cl)c1.c1ccccc1. The van der Waals surface area contributed by atoms with Gasteiger partial charge in [0.05, 0.1) is 22.3 Å². The fourth-order valence-corrected chi connectivity index (χ4v) is 2.42. The largest absolute Gasteiger partial charge is 0.368 e. The summed E-state index contributed by atoms with van der Waals surface area (Å²) >= 11 is 6.13. The molecule has 108 valence electrons. The van der Waals surface area contributed by atoms with Crippen LogP contribution >= 0.6 is 11.6 Å². The van der Waals surface area contributed by atoms with Crippen LogP contribution in [-0.4, -0.2) is 26.2 Å². The zero-order valence-electron chi connectivity index (χ0n) is 11.8. The predicted molar refractivity (Wildman–Crippen MR) is 87.7 cm³/mol. The summed E-state index contributed by atoms with van der Waals surface area (Å²) in [5.74, 6) is 0. The van der Waals surface area contributed by atoms with Crippen molar-refractivity contribution >= 4 is 17.3 Å². The van der Waals surface area contributed by atoms with Gasteiger partial charge < -0.3 is 10.2 Å². The maximum absolute atomic E-state index is 8.73. The maximum atomic E-state index is 8.73. The lowest BCUT2D eigenvalue weighted by molar-refractivity contribution is 0.589. The van der Waals surface area contributed by atoms with Crippen LogP contribution in [0.25, 0.3) is 0 Å². The molecule has 1 N–H and O–H groups in total. The number of hydrogen-bond donors (Lipinski definition) is 1. The number of anilines is 1. The van der Waals surface area contributed by atoms with Gasteiger partial charge >= 0.3 is 0 Å². The lowest BCUT2D eigenvalue weighted by atomic mass is 10.2. The smallest absolute Gasteiger partial charge is 0.0992 e. The first-order chi connectivity index (χ1) is 10.3. The Labute approximate surface area is 130 Å². The van der Waals surface area contributed by atoms with Crippen LogP contribution in [0.1, 0.15) is 5.56 Å². The number of benzene rings is 2. The molecule has 1 heterocycles. The molecule has 21 heavy (non-hydrogen) atoms. The monoisotopic (exact) mass is 299 g/mol. The van der Waals surface area contributed by atoms with Crippen molar-refractivity contribution in [3.05, 3.63) is 65.2 Å². The third-order valence-corrected chi connectivity index (χ3v) is 3.50. The summed E-state index contributed by atoms with van der Waals surface area (Å²) in [5.41, 5.74) is 1.64. The Morgan fingerprint density at radius 3 is 2.05 bits per heavy atom. The molecule has 1 saturated heterocycles. The van der Waals surface area contributed by atoms with Crippen molar-refractivity contribution < 1.29 is 0 Å². The molecule has 0 aliphatic carbocycles. The summed E-state index contributed by atoms with van der Waals surface area (Å²) in [6, 6.07) is 19.5. The Hall–Kier alpha value is -2.02. The van der Waals surface area contributed by atoms with Crippen molar-refractivity contribution in [3.63, 3.8) is 0 Å². The highest BCUT2D eigenvalue weighted by molar-refractivity contribution is 6.33. The van der Waals surface area contributed by atoms with Gasteiger partial charge in [-0.2, -0.15) is 5.26 Å². The number of nitriles is 1. The average molecular weight is 300 g/mol. The van der Waals surface area contributed by atoms with Crippen LogP contribution in [-0.2, 0) is 0 Å². The molecule has 0 spiro atoms. The van der Waals surface area contributed by atoms with Gasteiger partial charge in [0.15, 0.2) is 0 Å². The number of nitrogens with zero attached hydrogens (tertiary/aromatic N) is 2. The average Bonchev–Trinajstić information content (AvgIpc) is 2.57. The van der Waals surface area contributed by atoms with Gasteiger partial charge in [-0.1, -0.05) is 48.0 Å². The first-order valence-corrected chi connectivity index (χ1v) is 7.34. The Balaban J connectivity index is 0.000000225. The third-order valence-electron chi connectivity index (χ3n) is 3.20. The molecule has 4 heteroatoms. The van der Waals surface area contributed by atoms with Crippen molar-refractivity contribution in [2.24, 2.45) is 0 Å². The Kier molecular flexibility index (Phi) is 6.08. The van der Waals surface area contributed by atoms with Gasteiger partial charge in [0, 0.05) is 26.2 Å². The van der Waals surface area contributed by atoms with Gasteiger partial charge in [-0.05, 0) is 18.2 Å². The maximum Gasteiger partial charge on any atom is 0.0992 e. The first kappa shape index (κ1) is 15.4. The minimum Gasteiger partial charge on any atom is -0.368 e. The number of rotatable bonds is 1. The second kappa shape index (κ2) is 8.31. The van der Waals surface area contributed by atoms with Gasteiger partial charge in [-0.25, -0.2) is 0 Å². The van der Waals surface area contributed by atoms with Crippen LogP contribution < -0.4 is 10.2 Å². The minimum atomic E-state index is 0.610. The molecule has 2 aromatic rings. The highest BCUT2D eigenvalue weighted by Crippen LogP contribution is 2.26. The summed E-state index contributed by atoms with van der Waals surface area (Å²) < 4.78 is 0. The third kappa shape index (κ3) is 4.78. The second-order valence-corrected chi connectivity index (χ2v) is 5.08. The number of halogens is 1. The van der Waals surface area contributed by atoms with E-state index in [2.05, 4.69) is 16.3 Å². The second-order valence-electron chi connectivity index (χ2n) is 4.67. The first-order valence-electron chi connectivity index (χ1n) is 6.96. The predicted octanol–water partition coefficient (Wildman–Crippen LogP) is 3.31. The summed E-state index contributed by atoms with van der Waals surface area (Å²) in [5, 5.41) is 12.7. The van der Waals surface area contributed by atoms with Crippen molar-refractivity contribution in [1.82, 2.24) is 5.32 Å². The Morgan fingerprint density at radius 2 is 1.57 bits per heavy atom. The molecule has 1 fully saturated rings. The fraction of sp³-hybridized carbons (Fsp3) is 0.235. The van der Waals surface area contributed by atoms with Crippen LogP contribution in [0, 0.1) is 11.3 Å². The van der Waals surface area contributed by atoms with Crippen LogP contribution in [0.15, 0.2) is 54.6 Å². The van der Waals surface area contributed by atoms with E-state index in [1.54, 1.807) is 6.07 Å². The summed E-state index contributed by atoms with van der Waals surface area (Å²) in [6.07, 6.45) is 0. The molecule has 0 saturated carbocycles. The van der Waals surface area contributed by atoms with Crippen LogP contribution in [0.3, 0.4) is 0 Å². The van der Waals surface area contributed by atoms with Gasteiger partial charge in [-0.15, -0.1) is 0 Å². The van der Waals surface area contributed by atoms with Gasteiger partial charge in [0.2, 0.25) is 0 Å². The molecule has 3 nitrogen and oxygen atoms in total. The van der Waals surface area contributed by atoms with E-state index in [1.165, 1.54) is 0 Å². The molecule has 0 amide bonds. The molecule has 0 unspecified atom stereocenters. The van der Waals surface area contributed by atoms with E-state index in [0.717, 1.165) is 31.9 Å². The van der Waals surface area contributed by atoms with Crippen LogP contribution in [0.5, 0.6) is 0 Å². The van der Waals surface area contributed by atoms with Crippen LogP contribution in [0.2, 0.25) is 5.02 Å². The number of nitrogens with one attached hydrogen (secondary N) is 1. The Morgan fingerprint density at radius 1 is 1.00 bits per heavy atom. The minimum absolute atomic E-state index is 0.610. The molecular weight excluding hydrogens is 282 g/mol. The highest BCUT2D eigenvalue weighted by Gasteiger charge is 2.13. The topological polar surface area (TPSA) is 39.1 Å². The normalized spacial score (nSPS) is 13.8. The molecule has 1 aliphatic rings. The molecule has 0 atom stereocenters. The summed E-state index contributed by atoms with van der Waals surface area (Å²) in [6.45, 7) is 3.89. The molecule has 0 bridgehead atoms. The number of piperazine rings is 1. The van der Waals surface area contributed by atoms with Crippen molar-refractivity contribution in [3.8, 4) is 6.07 Å². The summed E-state index contributed by atoms with van der Waals surface area (Å²) in [4.78, 5) is 2.24. The van der Waals surface area contributed by atoms with E-state index >= 15 is 0 Å². The van der Waals surface area contributed by atoms with E-state index in [1.807, 2.05) is 48.5 Å². The van der Waals surface area contributed by atoms with Crippen molar-refractivity contribution in [2.75, 3.05) is 31.1 Å². The summed E-state index contributed by atoms with van der Waals surface area (Å²) in [7, 11) is 0. The quantitative estimate of drug-likeness (QED) is 0.878. The van der Waals surface area contributed by atoms with Gasteiger partial charge in [-0.3, -0.25) is 0 Å². The zero-order valence-corrected chi connectivity index (χ0v) is 12.6. The highest BCUT2D eigenvalue weighted by atomic mass is 35.5. The van der Waals surface area contributed by atoms with Gasteiger partial charge in [0.1, 0.15) is 0 Å². The number of hydrogen-bond acceptors (Lipinski definition) is 3. The van der Waals surface area contributed by atoms with Crippen LogP contribution in [0.4, 0.5) is 5.69 Å². The standard InChI is InChI=1S/C11H12ClN3.C6H6/c12-10-7-9(8-13)1-2-11(10)15-5-3-14-4-6-15;1-2-4-6-5-3-1/h1-2,7,14H,3-6H2;1-6H. The lowest BCUT2D eigenvalue weighted by Gasteiger charge is -2.30. The molecule has 1 aliphatic heterocycles. The zero-order chi connectivity index (χ0) is 14.9. The Bertz CT molecular complexity index is 560. The molecule has 3 rings (SSSR count). The molecule has 2 aromatic carbocycles. The molecule has 0 aromatic heterocycles. The molecular formula is C17H18ClN3. The van der Waals surface area contributed by atoms with E-state index in [0.29, 0.717) is 10.6 Å². The lowest BCUT2D eigenvalue weighted by Crippen LogP contribution is -2.43. The van der Waals surface area contributed by atoms with E-state index < -0.39 is 0 Å². The van der Waals surface area contributed by atoms with E-state index in [4.69, 9.17) is 16.9 Å². The van der Waals surface area contributed by atoms with Crippen molar-refractivity contribution in [2.45, 2.75) is 0 Å². The van der Waals surface area contributed by atoms with Gasteiger partial charge in [0.25, 0.3) is 0 Å². The van der Waals surface area contributed by atoms with E-state index in [9.17, 15) is 0 Å².